The molecular formula is C15H10ClN5O. The number of rotatable bonds is 2. The fourth-order valence-electron chi connectivity index (χ4n) is 2.31. The molecule has 0 amide bonds. The first-order valence-electron chi connectivity index (χ1n) is 6.57. The number of aromatic hydroxyl groups is 1. The lowest BCUT2D eigenvalue weighted by molar-refractivity contribution is 0.457. The third-order valence-electron chi connectivity index (χ3n) is 3.34. The molecule has 6 nitrogen and oxygen atoms in total. The monoisotopic (exact) mass is 311 g/mol. The van der Waals surface area contributed by atoms with E-state index in [0.717, 1.165) is 16.4 Å². The zero-order valence-electron chi connectivity index (χ0n) is 11.2. The fourth-order valence-corrected chi connectivity index (χ4v) is 2.46. The second kappa shape index (κ2) is 4.85. The molecule has 4 rings (SSSR count). The number of aromatic amines is 2. The van der Waals surface area contributed by atoms with Gasteiger partial charge in [0.05, 0.1) is 16.6 Å². The normalized spacial score (nSPS) is 11.9. The molecule has 0 unspecified atom stereocenters. The largest absolute Gasteiger partial charge is 0.494 e. The van der Waals surface area contributed by atoms with Gasteiger partial charge in [-0.25, -0.2) is 15.0 Å². The standard InChI is InChI=1S/C15H10ClN5O/c16-12-6-5-8-9(14(22)21-13(8)20-12)7-17-15-18-10-3-1-2-4-11(10)19-15/h1-7,22H,(H,18,19)(H,20,21). The number of para-hydroxylation sites is 2. The molecule has 3 N–H and O–H groups in total. The molecule has 3 heterocycles. The van der Waals surface area contributed by atoms with Crippen molar-refractivity contribution in [2.24, 2.45) is 4.99 Å². The van der Waals surface area contributed by atoms with Gasteiger partial charge >= 0.3 is 0 Å². The molecule has 0 aliphatic rings. The molecule has 4 aromatic rings. The molecule has 0 radical (unpaired) electrons. The fraction of sp³-hybridized carbons (Fsp3) is 0. The first-order chi connectivity index (χ1) is 10.7. The molecule has 22 heavy (non-hydrogen) atoms. The summed E-state index contributed by atoms with van der Waals surface area (Å²) in [4.78, 5) is 18.6. The van der Waals surface area contributed by atoms with E-state index in [1.165, 1.54) is 0 Å². The molecule has 0 aliphatic carbocycles. The number of aromatic nitrogens is 4. The van der Waals surface area contributed by atoms with Crippen LogP contribution in [0.5, 0.6) is 5.88 Å². The highest BCUT2D eigenvalue weighted by Gasteiger charge is 2.10. The molecule has 0 bridgehead atoms. The van der Waals surface area contributed by atoms with Gasteiger partial charge in [0, 0.05) is 11.6 Å². The van der Waals surface area contributed by atoms with E-state index in [1.54, 1.807) is 18.3 Å². The van der Waals surface area contributed by atoms with Gasteiger partial charge < -0.3 is 15.1 Å². The van der Waals surface area contributed by atoms with Gasteiger partial charge in [-0.3, -0.25) is 0 Å². The van der Waals surface area contributed by atoms with E-state index in [9.17, 15) is 5.11 Å². The number of halogens is 1. The minimum atomic E-state index is -0.00960. The summed E-state index contributed by atoms with van der Waals surface area (Å²) < 4.78 is 0. The van der Waals surface area contributed by atoms with Crippen molar-refractivity contribution in [3.63, 3.8) is 0 Å². The highest BCUT2D eigenvalue weighted by atomic mass is 35.5. The predicted octanol–water partition coefficient (Wildman–Crippen LogP) is 3.55. The Kier molecular flexibility index (Phi) is 2.83. The average molecular weight is 312 g/mol. The molecule has 0 aliphatic heterocycles. The molecule has 0 saturated carbocycles. The summed E-state index contributed by atoms with van der Waals surface area (Å²) in [6, 6.07) is 11.1. The summed E-state index contributed by atoms with van der Waals surface area (Å²) in [5.74, 6) is 0.460. The van der Waals surface area contributed by atoms with Crippen LogP contribution in [-0.2, 0) is 0 Å². The third-order valence-corrected chi connectivity index (χ3v) is 3.55. The van der Waals surface area contributed by atoms with Crippen molar-refractivity contribution < 1.29 is 5.11 Å². The van der Waals surface area contributed by atoms with E-state index >= 15 is 0 Å². The van der Waals surface area contributed by atoms with Crippen molar-refractivity contribution in [2.45, 2.75) is 0 Å². The number of pyridine rings is 1. The minimum Gasteiger partial charge on any atom is -0.494 e. The number of imidazole rings is 1. The molecule has 0 atom stereocenters. The Balaban J connectivity index is 1.77. The zero-order valence-corrected chi connectivity index (χ0v) is 12.0. The summed E-state index contributed by atoms with van der Waals surface area (Å²) in [5, 5.41) is 11.1. The number of benzene rings is 1. The van der Waals surface area contributed by atoms with Crippen LogP contribution >= 0.6 is 11.6 Å². The number of hydrogen-bond donors (Lipinski definition) is 3. The second-order valence-electron chi connectivity index (χ2n) is 4.75. The van der Waals surface area contributed by atoms with Crippen LogP contribution in [0.15, 0.2) is 41.4 Å². The lowest BCUT2D eigenvalue weighted by Gasteiger charge is -1.92. The number of nitrogens with one attached hydrogen (secondary N) is 2. The van der Waals surface area contributed by atoms with E-state index in [-0.39, 0.29) is 5.88 Å². The first-order valence-corrected chi connectivity index (χ1v) is 6.94. The highest BCUT2D eigenvalue weighted by molar-refractivity contribution is 6.29. The Morgan fingerprint density at radius 1 is 1.09 bits per heavy atom. The van der Waals surface area contributed by atoms with Crippen molar-refractivity contribution in [2.75, 3.05) is 0 Å². The molecule has 3 aromatic heterocycles. The van der Waals surface area contributed by atoms with Gasteiger partial charge in [0.15, 0.2) is 5.88 Å². The van der Waals surface area contributed by atoms with Crippen molar-refractivity contribution in [3.8, 4) is 5.88 Å². The van der Waals surface area contributed by atoms with E-state index in [2.05, 4.69) is 24.9 Å². The van der Waals surface area contributed by atoms with Gasteiger partial charge in [-0.15, -0.1) is 0 Å². The minimum absolute atomic E-state index is 0.00960. The smallest absolute Gasteiger partial charge is 0.227 e. The maximum absolute atomic E-state index is 9.98. The quantitative estimate of drug-likeness (QED) is 0.390. The van der Waals surface area contributed by atoms with E-state index in [1.807, 2.05) is 24.3 Å². The number of H-pyrrole nitrogens is 2. The zero-order chi connectivity index (χ0) is 15.1. The van der Waals surface area contributed by atoms with Gasteiger partial charge in [-0.2, -0.15) is 0 Å². The van der Waals surface area contributed by atoms with E-state index < -0.39 is 0 Å². The first kappa shape index (κ1) is 12.8. The van der Waals surface area contributed by atoms with Crippen LogP contribution in [0.4, 0.5) is 5.95 Å². The summed E-state index contributed by atoms with van der Waals surface area (Å²) in [6.45, 7) is 0. The van der Waals surface area contributed by atoms with Crippen LogP contribution < -0.4 is 0 Å². The topological polar surface area (TPSA) is 89.9 Å². The third kappa shape index (κ3) is 2.10. The Morgan fingerprint density at radius 3 is 2.82 bits per heavy atom. The lowest BCUT2D eigenvalue weighted by Crippen LogP contribution is -1.81. The Labute approximate surface area is 129 Å². The van der Waals surface area contributed by atoms with Crippen LogP contribution in [0.25, 0.3) is 22.1 Å². The average Bonchev–Trinajstić information content (AvgIpc) is 3.04. The molecule has 0 spiro atoms. The van der Waals surface area contributed by atoms with E-state index in [0.29, 0.717) is 22.3 Å². The summed E-state index contributed by atoms with van der Waals surface area (Å²) in [7, 11) is 0. The maximum atomic E-state index is 9.98. The molecule has 7 heteroatoms. The van der Waals surface area contributed by atoms with Crippen molar-refractivity contribution in [1.82, 2.24) is 19.9 Å². The highest BCUT2D eigenvalue weighted by Crippen LogP contribution is 2.26. The number of aliphatic imine (C=N–C) groups is 1. The van der Waals surface area contributed by atoms with Crippen LogP contribution in [-0.4, -0.2) is 31.3 Å². The summed E-state index contributed by atoms with van der Waals surface area (Å²) in [6.07, 6.45) is 1.54. The van der Waals surface area contributed by atoms with Gasteiger partial charge in [-0.05, 0) is 24.3 Å². The van der Waals surface area contributed by atoms with E-state index in [4.69, 9.17) is 11.6 Å². The predicted molar refractivity (Wildman–Crippen MR) is 86.1 cm³/mol. The number of fused-ring (bicyclic) bond motifs is 2. The Morgan fingerprint density at radius 2 is 1.95 bits per heavy atom. The molecule has 0 saturated heterocycles. The Bertz CT molecular complexity index is 984. The molecule has 0 fully saturated rings. The second-order valence-corrected chi connectivity index (χ2v) is 5.14. The molecular weight excluding hydrogens is 302 g/mol. The molecule has 108 valence electrons. The van der Waals surface area contributed by atoms with Crippen LogP contribution in [0.2, 0.25) is 5.15 Å². The van der Waals surface area contributed by atoms with Crippen LogP contribution in [0, 0.1) is 0 Å². The van der Waals surface area contributed by atoms with Crippen LogP contribution in [0.1, 0.15) is 5.56 Å². The maximum Gasteiger partial charge on any atom is 0.227 e. The SMILES string of the molecule is Oc1[nH]c2nc(Cl)ccc2c1C=Nc1nc2ccccc2[nH]1. The summed E-state index contributed by atoms with van der Waals surface area (Å²) >= 11 is 5.84. The number of hydrogen-bond acceptors (Lipinski definition) is 4. The number of nitrogens with zero attached hydrogens (tertiary/aromatic N) is 3. The van der Waals surface area contributed by atoms with Crippen molar-refractivity contribution in [1.29, 1.82) is 0 Å². The lowest BCUT2D eigenvalue weighted by atomic mass is 10.2. The molecule has 1 aromatic carbocycles. The van der Waals surface area contributed by atoms with Crippen LogP contribution in [0.3, 0.4) is 0 Å². The van der Waals surface area contributed by atoms with Gasteiger partial charge in [0.25, 0.3) is 0 Å². The Hall–Kier alpha value is -2.86. The summed E-state index contributed by atoms with van der Waals surface area (Å²) in [5.41, 5.74) is 2.80. The van der Waals surface area contributed by atoms with Crippen molar-refractivity contribution >= 4 is 45.8 Å². The van der Waals surface area contributed by atoms with Gasteiger partial charge in [0.1, 0.15) is 10.8 Å². The van der Waals surface area contributed by atoms with Gasteiger partial charge in [0.2, 0.25) is 5.95 Å². The van der Waals surface area contributed by atoms with Crippen molar-refractivity contribution in [3.05, 3.63) is 47.1 Å². The van der Waals surface area contributed by atoms with Gasteiger partial charge in [-0.1, -0.05) is 23.7 Å².